The number of alkyl halides is 3. The number of halogens is 4. The maximum absolute atomic E-state index is 13.5. The summed E-state index contributed by atoms with van der Waals surface area (Å²) in [7, 11) is -7.74. The fraction of sp³-hybridized carbons (Fsp3) is 0.269. The summed E-state index contributed by atoms with van der Waals surface area (Å²) in [6.45, 7) is 1.22. The van der Waals surface area contributed by atoms with Gasteiger partial charge in [-0.2, -0.15) is 13.2 Å². The number of anilines is 3. The molecule has 214 valence electrons. The molecule has 1 heterocycles. The lowest BCUT2D eigenvalue weighted by Gasteiger charge is -2.31. The fourth-order valence-corrected chi connectivity index (χ4v) is 6.16. The molecule has 40 heavy (non-hydrogen) atoms. The molecular formula is C26H25ClF3N3O5S2. The molecule has 1 aliphatic rings. The molecule has 8 nitrogen and oxygen atoms in total. The SMILES string of the molecule is CS(=O)(=O)c1ccc(NS(=O)(=O)c2ccc(Cl)c(C(=O)Nc3cc(C(F)(F)F)ccc3N3CCCCC3)c2)cc1. The van der Waals surface area contributed by atoms with E-state index in [0.717, 1.165) is 49.8 Å². The van der Waals surface area contributed by atoms with Gasteiger partial charge < -0.3 is 10.2 Å². The van der Waals surface area contributed by atoms with Gasteiger partial charge in [0.15, 0.2) is 9.84 Å². The van der Waals surface area contributed by atoms with Crippen LogP contribution in [-0.4, -0.2) is 42.1 Å². The minimum atomic E-state index is -4.64. The minimum absolute atomic E-state index is 0.000543. The summed E-state index contributed by atoms with van der Waals surface area (Å²) in [5.74, 6) is -0.892. The van der Waals surface area contributed by atoms with E-state index in [1.165, 1.54) is 36.4 Å². The van der Waals surface area contributed by atoms with Crippen molar-refractivity contribution in [2.75, 3.05) is 34.3 Å². The second-order valence-corrected chi connectivity index (χ2v) is 13.4. The second kappa shape index (κ2) is 11.3. The number of carbonyl (C=O) groups is 1. The zero-order valence-corrected chi connectivity index (χ0v) is 23.5. The van der Waals surface area contributed by atoms with E-state index in [2.05, 4.69) is 10.0 Å². The highest BCUT2D eigenvalue weighted by atomic mass is 35.5. The van der Waals surface area contributed by atoms with Gasteiger partial charge in [0.1, 0.15) is 0 Å². The summed E-state index contributed by atoms with van der Waals surface area (Å²) in [5.41, 5.74) is -0.796. The van der Waals surface area contributed by atoms with Crippen LogP contribution in [0, 0.1) is 0 Å². The van der Waals surface area contributed by atoms with Gasteiger partial charge >= 0.3 is 6.18 Å². The highest BCUT2D eigenvalue weighted by Crippen LogP contribution is 2.37. The zero-order chi connectivity index (χ0) is 29.3. The molecule has 14 heteroatoms. The van der Waals surface area contributed by atoms with E-state index in [-0.39, 0.29) is 31.8 Å². The summed E-state index contributed by atoms with van der Waals surface area (Å²) in [4.78, 5) is 14.8. The highest BCUT2D eigenvalue weighted by Gasteiger charge is 2.32. The molecule has 0 atom stereocenters. The van der Waals surface area contributed by atoms with Crippen molar-refractivity contribution >= 4 is 54.4 Å². The number of nitrogens with one attached hydrogen (secondary N) is 2. The number of carbonyl (C=O) groups excluding carboxylic acids is 1. The molecule has 1 amide bonds. The molecule has 0 unspecified atom stereocenters. The molecule has 0 aliphatic carbocycles. The summed E-state index contributed by atoms with van der Waals surface area (Å²) in [6, 6.07) is 11.5. The van der Waals surface area contributed by atoms with Crippen molar-refractivity contribution in [1.82, 2.24) is 0 Å². The molecule has 2 N–H and O–H groups in total. The maximum Gasteiger partial charge on any atom is 0.416 e. The van der Waals surface area contributed by atoms with Crippen molar-refractivity contribution in [2.24, 2.45) is 0 Å². The van der Waals surface area contributed by atoms with Gasteiger partial charge in [-0.25, -0.2) is 16.8 Å². The number of piperidine rings is 1. The van der Waals surface area contributed by atoms with Gasteiger partial charge in [0.2, 0.25) is 0 Å². The maximum atomic E-state index is 13.5. The molecular weight excluding hydrogens is 591 g/mol. The van der Waals surface area contributed by atoms with Gasteiger partial charge in [0.05, 0.1) is 37.3 Å². The fourth-order valence-electron chi connectivity index (χ4n) is 4.24. The molecule has 0 spiro atoms. The topological polar surface area (TPSA) is 113 Å². The molecule has 3 aromatic rings. The lowest BCUT2D eigenvalue weighted by atomic mass is 10.1. The number of sulfone groups is 1. The first kappa shape index (κ1) is 29.7. The van der Waals surface area contributed by atoms with Gasteiger partial charge in [-0.1, -0.05) is 11.6 Å². The number of nitrogens with zero attached hydrogens (tertiary/aromatic N) is 1. The van der Waals surface area contributed by atoms with Crippen LogP contribution in [0.15, 0.2) is 70.5 Å². The third-order valence-electron chi connectivity index (χ3n) is 6.30. The molecule has 4 rings (SSSR count). The van der Waals surface area contributed by atoms with Gasteiger partial charge in [0.25, 0.3) is 15.9 Å². The third kappa shape index (κ3) is 6.88. The van der Waals surface area contributed by atoms with E-state index in [9.17, 15) is 34.8 Å². The first-order chi connectivity index (χ1) is 18.6. The van der Waals surface area contributed by atoms with E-state index in [1.54, 1.807) is 0 Å². The first-order valence-corrected chi connectivity index (χ1v) is 15.8. The highest BCUT2D eigenvalue weighted by molar-refractivity contribution is 7.92. The predicted octanol–water partition coefficient (Wildman–Crippen LogP) is 5.81. The van der Waals surface area contributed by atoms with Crippen molar-refractivity contribution < 1.29 is 34.8 Å². The van der Waals surface area contributed by atoms with Crippen molar-refractivity contribution in [1.29, 1.82) is 0 Å². The third-order valence-corrected chi connectivity index (χ3v) is 9.13. The number of sulfonamides is 1. The van der Waals surface area contributed by atoms with Crippen LogP contribution in [0.25, 0.3) is 0 Å². The first-order valence-electron chi connectivity index (χ1n) is 12.1. The van der Waals surface area contributed by atoms with Crippen LogP contribution in [-0.2, 0) is 26.0 Å². The Hall–Kier alpha value is -3.29. The smallest absolute Gasteiger partial charge is 0.370 e. The average Bonchev–Trinajstić information content (AvgIpc) is 2.88. The Balaban J connectivity index is 1.63. The Morgan fingerprint density at radius 2 is 1.50 bits per heavy atom. The Kier molecular flexibility index (Phi) is 8.38. The lowest BCUT2D eigenvalue weighted by molar-refractivity contribution is -0.137. The summed E-state index contributed by atoms with van der Waals surface area (Å²) >= 11 is 6.20. The number of hydrogen-bond donors (Lipinski definition) is 2. The molecule has 1 fully saturated rings. The van der Waals surface area contributed by atoms with E-state index in [1.807, 2.05) is 4.90 Å². The van der Waals surface area contributed by atoms with Crippen molar-refractivity contribution in [3.8, 4) is 0 Å². The zero-order valence-electron chi connectivity index (χ0n) is 21.1. The van der Waals surface area contributed by atoms with Crippen LogP contribution in [0.1, 0.15) is 35.2 Å². The quantitative estimate of drug-likeness (QED) is 0.347. The van der Waals surface area contributed by atoms with E-state index in [0.29, 0.717) is 18.8 Å². The molecule has 0 saturated carbocycles. The normalized spacial score (nSPS) is 14.6. The Bertz CT molecular complexity index is 1640. The molecule has 1 saturated heterocycles. The Labute approximate surface area is 235 Å². The van der Waals surface area contributed by atoms with Gasteiger partial charge in [0, 0.05) is 25.0 Å². The van der Waals surface area contributed by atoms with Crippen LogP contribution in [0.2, 0.25) is 5.02 Å². The van der Waals surface area contributed by atoms with Crippen LogP contribution in [0.3, 0.4) is 0 Å². The summed E-state index contributed by atoms with van der Waals surface area (Å²) in [6.07, 6.45) is -0.933. The Morgan fingerprint density at radius 3 is 2.10 bits per heavy atom. The Morgan fingerprint density at radius 1 is 0.875 bits per heavy atom. The molecule has 0 bridgehead atoms. The standard InChI is InChI=1S/C26H25ClF3N3O5S2/c1-39(35,36)19-8-6-18(7-9-19)32-40(37,38)20-10-11-22(27)21(16-20)25(34)31-23-15-17(26(28,29)30)5-12-24(23)33-13-3-2-4-14-33/h5-12,15-16,32H,2-4,13-14H2,1H3,(H,31,34). The molecule has 3 aromatic carbocycles. The van der Waals surface area contributed by atoms with Crippen molar-refractivity contribution in [3.63, 3.8) is 0 Å². The summed E-state index contributed by atoms with van der Waals surface area (Å²) < 4.78 is 92.0. The van der Waals surface area contributed by atoms with E-state index >= 15 is 0 Å². The monoisotopic (exact) mass is 615 g/mol. The average molecular weight is 616 g/mol. The lowest BCUT2D eigenvalue weighted by Crippen LogP contribution is -2.30. The number of amides is 1. The van der Waals surface area contributed by atoms with Crippen LogP contribution < -0.4 is 14.9 Å². The number of benzene rings is 3. The van der Waals surface area contributed by atoms with E-state index < -0.39 is 37.5 Å². The minimum Gasteiger partial charge on any atom is -0.370 e. The van der Waals surface area contributed by atoms with Crippen LogP contribution in [0.5, 0.6) is 0 Å². The van der Waals surface area contributed by atoms with Gasteiger partial charge in [-0.05, 0) is 79.9 Å². The van der Waals surface area contributed by atoms with Gasteiger partial charge in [-0.3, -0.25) is 9.52 Å². The van der Waals surface area contributed by atoms with E-state index in [4.69, 9.17) is 11.6 Å². The van der Waals surface area contributed by atoms with Crippen LogP contribution >= 0.6 is 11.6 Å². The van der Waals surface area contributed by atoms with Crippen molar-refractivity contribution in [3.05, 3.63) is 76.8 Å². The van der Waals surface area contributed by atoms with Gasteiger partial charge in [-0.15, -0.1) is 0 Å². The van der Waals surface area contributed by atoms with Crippen molar-refractivity contribution in [2.45, 2.75) is 35.2 Å². The molecule has 0 aromatic heterocycles. The predicted molar refractivity (Wildman–Crippen MR) is 147 cm³/mol. The molecule has 0 radical (unpaired) electrons. The number of rotatable bonds is 7. The molecule has 1 aliphatic heterocycles. The number of hydrogen-bond acceptors (Lipinski definition) is 6. The van der Waals surface area contributed by atoms with Crippen LogP contribution in [0.4, 0.5) is 30.2 Å². The largest absolute Gasteiger partial charge is 0.416 e. The second-order valence-electron chi connectivity index (χ2n) is 9.28. The summed E-state index contributed by atoms with van der Waals surface area (Å²) in [5, 5.41) is 2.38.